The standard InChI is InChI=1S/C18H24N4O2/c1-3-15-13(2)17(21-20-15)18(24)22(12-10-16(19)23)11-9-14-7-5-4-6-8-14/h4-8H,3,9-12H2,1-2H3,(H2,19,23)(H,20,21). The molecular formula is C18H24N4O2. The number of carbonyl (C=O) groups excluding carboxylic acids is 2. The third-order valence-corrected chi connectivity index (χ3v) is 4.10. The average molecular weight is 328 g/mol. The van der Waals surface area contributed by atoms with Crippen LogP contribution in [-0.4, -0.2) is 40.0 Å². The Kier molecular flexibility index (Phi) is 6.12. The zero-order valence-electron chi connectivity index (χ0n) is 14.2. The fourth-order valence-corrected chi connectivity index (χ4v) is 2.61. The molecule has 2 aromatic rings. The van der Waals surface area contributed by atoms with E-state index in [9.17, 15) is 9.59 Å². The topological polar surface area (TPSA) is 92.1 Å². The number of nitrogens with zero attached hydrogens (tertiary/aromatic N) is 2. The summed E-state index contributed by atoms with van der Waals surface area (Å²) in [4.78, 5) is 25.6. The zero-order valence-corrected chi connectivity index (χ0v) is 14.2. The maximum Gasteiger partial charge on any atom is 0.274 e. The number of aromatic amines is 1. The van der Waals surface area contributed by atoms with Crippen LogP contribution >= 0.6 is 0 Å². The summed E-state index contributed by atoms with van der Waals surface area (Å²) in [6.45, 7) is 4.71. The van der Waals surface area contributed by atoms with Gasteiger partial charge in [-0.3, -0.25) is 14.7 Å². The number of aromatic nitrogens is 2. The van der Waals surface area contributed by atoms with Crippen molar-refractivity contribution in [2.75, 3.05) is 13.1 Å². The van der Waals surface area contributed by atoms with E-state index < -0.39 is 5.91 Å². The molecule has 0 aliphatic heterocycles. The van der Waals surface area contributed by atoms with Gasteiger partial charge in [-0.1, -0.05) is 37.3 Å². The van der Waals surface area contributed by atoms with E-state index in [2.05, 4.69) is 10.2 Å². The van der Waals surface area contributed by atoms with Crippen molar-refractivity contribution in [2.24, 2.45) is 5.73 Å². The largest absolute Gasteiger partial charge is 0.370 e. The first-order valence-corrected chi connectivity index (χ1v) is 8.18. The minimum atomic E-state index is -0.416. The molecule has 2 amide bonds. The highest BCUT2D eigenvalue weighted by Crippen LogP contribution is 2.14. The smallest absolute Gasteiger partial charge is 0.274 e. The molecule has 0 bridgehead atoms. The number of nitrogens with one attached hydrogen (secondary N) is 1. The summed E-state index contributed by atoms with van der Waals surface area (Å²) >= 11 is 0. The molecule has 0 atom stereocenters. The van der Waals surface area contributed by atoms with Gasteiger partial charge >= 0.3 is 0 Å². The SMILES string of the molecule is CCc1[nH]nc(C(=O)N(CCC(N)=O)CCc2ccccc2)c1C. The van der Waals surface area contributed by atoms with E-state index in [1.807, 2.05) is 44.2 Å². The second-order valence-corrected chi connectivity index (χ2v) is 5.77. The van der Waals surface area contributed by atoms with Crippen LogP contribution in [0.2, 0.25) is 0 Å². The Bertz CT molecular complexity index is 694. The normalized spacial score (nSPS) is 10.6. The first-order valence-electron chi connectivity index (χ1n) is 8.18. The van der Waals surface area contributed by atoms with Crippen molar-refractivity contribution < 1.29 is 9.59 Å². The van der Waals surface area contributed by atoms with Gasteiger partial charge in [0, 0.05) is 30.8 Å². The summed E-state index contributed by atoms with van der Waals surface area (Å²) in [5.41, 5.74) is 8.63. The molecule has 0 saturated heterocycles. The first-order chi connectivity index (χ1) is 11.5. The Balaban J connectivity index is 2.13. The number of primary amides is 1. The van der Waals surface area contributed by atoms with Crippen LogP contribution in [0.3, 0.4) is 0 Å². The number of benzene rings is 1. The summed E-state index contributed by atoms with van der Waals surface area (Å²) in [6.07, 6.45) is 1.65. The van der Waals surface area contributed by atoms with Gasteiger partial charge in [0.25, 0.3) is 5.91 Å². The molecule has 1 heterocycles. The Morgan fingerprint density at radius 2 is 1.92 bits per heavy atom. The average Bonchev–Trinajstić information content (AvgIpc) is 2.95. The highest BCUT2D eigenvalue weighted by molar-refractivity contribution is 5.94. The number of hydrogen-bond donors (Lipinski definition) is 2. The van der Waals surface area contributed by atoms with Crippen LogP contribution in [-0.2, 0) is 17.6 Å². The maximum absolute atomic E-state index is 12.8. The van der Waals surface area contributed by atoms with Crippen LogP contribution in [0.4, 0.5) is 0 Å². The number of carbonyl (C=O) groups is 2. The Labute approximate surface area is 142 Å². The Hall–Kier alpha value is -2.63. The lowest BCUT2D eigenvalue weighted by Crippen LogP contribution is -2.36. The fraction of sp³-hybridized carbons (Fsp3) is 0.389. The molecule has 0 fully saturated rings. The third-order valence-electron chi connectivity index (χ3n) is 4.10. The number of hydrogen-bond acceptors (Lipinski definition) is 3. The lowest BCUT2D eigenvalue weighted by Gasteiger charge is -2.21. The van der Waals surface area contributed by atoms with Gasteiger partial charge in [-0.15, -0.1) is 0 Å². The van der Waals surface area contributed by atoms with Gasteiger partial charge in [0.15, 0.2) is 5.69 Å². The molecule has 0 radical (unpaired) electrons. The molecule has 0 unspecified atom stereocenters. The molecule has 1 aromatic heterocycles. The second-order valence-electron chi connectivity index (χ2n) is 5.77. The molecule has 0 spiro atoms. The van der Waals surface area contributed by atoms with Crippen LogP contribution < -0.4 is 5.73 Å². The van der Waals surface area contributed by atoms with Gasteiger partial charge in [-0.2, -0.15) is 5.10 Å². The van der Waals surface area contributed by atoms with E-state index >= 15 is 0 Å². The first kappa shape index (κ1) is 17.7. The zero-order chi connectivity index (χ0) is 17.5. The second kappa shape index (κ2) is 8.29. The van der Waals surface area contributed by atoms with Gasteiger partial charge in [-0.25, -0.2) is 0 Å². The number of H-pyrrole nitrogens is 1. The highest BCUT2D eigenvalue weighted by atomic mass is 16.2. The van der Waals surface area contributed by atoms with E-state index in [4.69, 9.17) is 5.73 Å². The predicted octanol–water partition coefficient (Wildman–Crippen LogP) is 1.84. The minimum Gasteiger partial charge on any atom is -0.370 e. The lowest BCUT2D eigenvalue weighted by molar-refractivity contribution is -0.118. The summed E-state index contributed by atoms with van der Waals surface area (Å²) in [6, 6.07) is 9.93. The lowest BCUT2D eigenvalue weighted by atomic mass is 10.1. The van der Waals surface area contributed by atoms with Crippen molar-refractivity contribution in [1.82, 2.24) is 15.1 Å². The van der Waals surface area contributed by atoms with E-state index in [0.29, 0.717) is 18.8 Å². The maximum atomic E-state index is 12.8. The van der Waals surface area contributed by atoms with E-state index in [1.165, 1.54) is 0 Å². The minimum absolute atomic E-state index is 0.143. The van der Waals surface area contributed by atoms with Gasteiger partial charge in [0.2, 0.25) is 5.91 Å². The molecule has 2 rings (SSSR count). The van der Waals surface area contributed by atoms with E-state index in [-0.39, 0.29) is 12.3 Å². The number of amides is 2. The van der Waals surface area contributed by atoms with Crippen LogP contribution in [0, 0.1) is 6.92 Å². The summed E-state index contributed by atoms with van der Waals surface area (Å²) in [5, 5.41) is 7.07. The molecule has 0 saturated carbocycles. The quantitative estimate of drug-likeness (QED) is 0.774. The van der Waals surface area contributed by atoms with Gasteiger partial charge in [0.05, 0.1) is 0 Å². The third kappa shape index (κ3) is 4.44. The van der Waals surface area contributed by atoms with Crippen molar-refractivity contribution in [3.63, 3.8) is 0 Å². The highest BCUT2D eigenvalue weighted by Gasteiger charge is 2.22. The van der Waals surface area contributed by atoms with E-state index in [1.54, 1.807) is 4.90 Å². The molecule has 0 aliphatic carbocycles. The molecular weight excluding hydrogens is 304 g/mol. The molecule has 3 N–H and O–H groups in total. The summed E-state index contributed by atoms with van der Waals surface area (Å²) < 4.78 is 0. The van der Waals surface area contributed by atoms with Crippen molar-refractivity contribution >= 4 is 11.8 Å². The van der Waals surface area contributed by atoms with E-state index in [0.717, 1.165) is 29.7 Å². The van der Waals surface area contributed by atoms with Crippen LogP contribution in [0.25, 0.3) is 0 Å². The van der Waals surface area contributed by atoms with Gasteiger partial charge < -0.3 is 10.6 Å². The number of aryl methyl sites for hydroxylation is 1. The van der Waals surface area contributed by atoms with Crippen molar-refractivity contribution in [3.8, 4) is 0 Å². The van der Waals surface area contributed by atoms with Gasteiger partial charge in [0.1, 0.15) is 0 Å². The molecule has 128 valence electrons. The van der Waals surface area contributed by atoms with Crippen LogP contribution in [0.5, 0.6) is 0 Å². The van der Waals surface area contributed by atoms with Crippen molar-refractivity contribution in [1.29, 1.82) is 0 Å². The summed E-state index contributed by atoms with van der Waals surface area (Å²) in [5.74, 6) is -0.582. The molecule has 24 heavy (non-hydrogen) atoms. The monoisotopic (exact) mass is 328 g/mol. The fourth-order valence-electron chi connectivity index (χ4n) is 2.61. The van der Waals surface area contributed by atoms with Crippen LogP contribution in [0.1, 0.15) is 40.7 Å². The number of rotatable bonds is 8. The van der Waals surface area contributed by atoms with Crippen LogP contribution in [0.15, 0.2) is 30.3 Å². The molecule has 1 aromatic carbocycles. The summed E-state index contributed by atoms with van der Waals surface area (Å²) in [7, 11) is 0. The van der Waals surface area contributed by atoms with Crippen molar-refractivity contribution in [2.45, 2.75) is 33.1 Å². The predicted molar refractivity (Wildman–Crippen MR) is 92.6 cm³/mol. The molecule has 0 aliphatic rings. The number of nitrogens with two attached hydrogens (primary N) is 1. The van der Waals surface area contributed by atoms with Gasteiger partial charge in [-0.05, 0) is 25.3 Å². The van der Waals surface area contributed by atoms with Crippen molar-refractivity contribution in [3.05, 3.63) is 52.8 Å². The molecule has 6 nitrogen and oxygen atoms in total. The Morgan fingerprint density at radius 1 is 1.21 bits per heavy atom. The Morgan fingerprint density at radius 3 is 2.50 bits per heavy atom. The molecule has 6 heteroatoms.